The van der Waals surface area contributed by atoms with Gasteiger partial charge in [-0.15, -0.1) is 0 Å². The van der Waals surface area contributed by atoms with E-state index in [0.29, 0.717) is 0 Å². The topological polar surface area (TPSA) is 55.4 Å². The molecule has 4 nitrogen and oxygen atoms in total. The standard InChI is InChI=1S/C14H17ClFNO3/c1-8(13(19)20-14(2,3)4)17-12(18)9-6-5-7-10(16)11(9)15/h5-8H,1-4H3,(H,17,18)/t8-/m1/s1. The summed E-state index contributed by atoms with van der Waals surface area (Å²) in [5.74, 6) is -1.89. The van der Waals surface area contributed by atoms with Crippen LogP contribution in [0.15, 0.2) is 18.2 Å². The van der Waals surface area contributed by atoms with E-state index in [2.05, 4.69) is 5.32 Å². The van der Waals surface area contributed by atoms with Crippen molar-refractivity contribution in [1.82, 2.24) is 5.32 Å². The molecule has 0 saturated carbocycles. The molecule has 1 atom stereocenters. The summed E-state index contributed by atoms with van der Waals surface area (Å²) in [5, 5.41) is 2.15. The molecule has 1 rings (SSSR count). The number of hydrogen-bond donors (Lipinski definition) is 1. The van der Waals surface area contributed by atoms with Crippen molar-refractivity contribution in [3.8, 4) is 0 Å². The largest absolute Gasteiger partial charge is 0.458 e. The fraction of sp³-hybridized carbons (Fsp3) is 0.429. The number of ether oxygens (including phenoxy) is 1. The number of esters is 1. The highest BCUT2D eigenvalue weighted by molar-refractivity contribution is 6.34. The van der Waals surface area contributed by atoms with Gasteiger partial charge in [0.15, 0.2) is 0 Å². The Labute approximate surface area is 122 Å². The maximum Gasteiger partial charge on any atom is 0.328 e. The predicted octanol–water partition coefficient (Wildman–Crippen LogP) is 2.94. The van der Waals surface area contributed by atoms with Gasteiger partial charge in [-0.1, -0.05) is 17.7 Å². The van der Waals surface area contributed by atoms with E-state index >= 15 is 0 Å². The van der Waals surface area contributed by atoms with Crippen LogP contribution in [0.2, 0.25) is 5.02 Å². The maximum absolute atomic E-state index is 13.3. The third kappa shape index (κ3) is 4.49. The highest BCUT2D eigenvalue weighted by Gasteiger charge is 2.24. The van der Waals surface area contributed by atoms with Gasteiger partial charge < -0.3 is 10.1 Å². The second-order valence-electron chi connectivity index (χ2n) is 5.33. The van der Waals surface area contributed by atoms with Crippen LogP contribution in [0.4, 0.5) is 4.39 Å². The molecule has 0 heterocycles. The Morgan fingerprint density at radius 1 is 1.35 bits per heavy atom. The Hall–Kier alpha value is -1.62. The van der Waals surface area contributed by atoms with Crippen molar-refractivity contribution in [2.45, 2.75) is 39.3 Å². The molecule has 0 aliphatic carbocycles. The summed E-state index contributed by atoms with van der Waals surface area (Å²) in [6.45, 7) is 6.66. The molecule has 20 heavy (non-hydrogen) atoms. The molecule has 0 saturated heterocycles. The third-order valence-electron chi connectivity index (χ3n) is 2.30. The van der Waals surface area contributed by atoms with Crippen LogP contribution >= 0.6 is 11.6 Å². The van der Waals surface area contributed by atoms with Crippen molar-refractivity contribution in [2.75, 3.05) is 0 Å². The lowest BCUT2D eigenvalue weighted by molar-refractivity contribution is -0.156. The van der Waals surface area contributed by atoms with Crippen molar-refractivity contribution >= 4 is 23.5 Å². The molecule has 1 N–H and O–H groups in total. The monoisotopic (exact) mass is 301 g/mol. The van der Waals surface area contributed by atoms with Crippen LogP contribution in [0.5, 0.6) is 0 Å². The summed E-state index contributed by atoms with van der Waals surface area (Å²) in [7, 11) is 0. The van der Waals surface area contributed by atoms with Crippen LogP contribution in [0.3, 0.4) is 0 Å². The Kier molecular flexibility index (Phi) is 5.11. The van der Waals surface area contributed by atoms with Crippen molar-refractivity contribution in [3.05, 3.63) is 34.6 Å². The molecule has 0 unspecified atom stereocenters. The van der Waals surface area contributed by atoms with Gasteiger partial charge in [-0.2, -0.15) is 0 Å². The SMILES string of the molecule is C[C@@H](NC(=O)c1cccc(F)c1Cl)C(=O)OC(C)(C)C. The van der Waals surface area contributed by atoms with Gasteiger partial charge in [0, 0.05) is 0 Å². The predicted molar refractivity (Wildman–Crippen MR) is 74.2 cm³/mol. The fourth-order valence-corrected chi connectivity index (χ4v) is 1.61. The lowest BCUT2D eigenvalue weighted by atomic mass is 10.1. The van der Waals surface area contributed by atoms with Gasteiger partial charge in [-0.05, 0) is 39.8 Å². The summed E-state index contributed by atoms with van der Waals surface area (Å²) in [6, 6.07) is 3.04. The Bertz CT molecular complexity index is 526. The smallest absolute Gasteiger partial charge is 0.328 e. The minimum atomic E-state index is -0.860. The lowest BCUT2D eigenvalue weighted by Crippen LogP contribution is -2.42. The normalized spacial score (nSPS) is 12.7. The molecule has 0 aliphatic rings. The van der Waals surface area contributed by atoms with Gasteiger partial charge in [0.2, 0.25) is 0 Å². The molecule has 0 bridgehead atoms. The van der Waals surface area contributed by atoms with Crippen molar-refractivity contribution in [2.24, 2.45) is 0 Å². The first-order valence-corrected chi connectivity index (χ1v) is 6.47. The number of halogens is 2. The fourth-order valence-electron chi connectivity index (χ4n) is 1.40. The minimum absolute atomic E-state index is 0.0259. The molecule has 0 aromatic heterocycles. The highest BCUT2D eigenvalue weighted by Crippen LogP contribution is 2.19. The summed E-state index contributed by atoms with van der Waals surface area (Å²) in [4.78, 5) is 23.7. The second kappa shape index (κ2) is 6.22. The van der Waals surface area contributed by atoms with Crippen LogP contribution < -0.4 is 5.32 Å². The molecule has 0 aliphatic heterocycles. The molecule has 1 aromatic rings. The van der Waals surface area contributed by atoms with Crippen LogP contribution in [0.1, 0.15) is 38.1 Å². The van der Waals surface area contributed by atoms with Gasteiger partial charge in [0.05, 0.1) is 10.6 Å². The number of amides is 1. The number of rotatable bonds is 3. The van der Waals surface area contributed by atoms with Crippen LogP contribution in [-0.4, -0.2) is 23.5 Å². The molecular formula is C14H17ClFNO3. The van der Waals surface area contributed by atoms with Crippen molar-refractivity contribution in [1.29, 1.82) is 0 Å². The summed E-state index contributed by atoms with van der Waals surface area (Å²) in [5.41, 5.74) is -0.672. The molecule has 1 amide bonds. The van der Waals surface area contributed by atoms with Gasteiger partial charge in [-0.25, -0.2) is 9.18 Å². The quantitative estimate of drug-likeness (QED) is 0.873. The zero-order chi connectivity index (χ0) is 15.5. The average molecular weight is 302 g/mol. The first kappa shape index (κ1) is 16.4. The van der Waals surface area contributed by atoms with E-state index in [4.69, 9.17) is 16.3 Å². The van der Waals surface area contributed by atoms with Gasteiger partial charge in [-0.3, -0.25) is 4.79 Å². The molecule has 1 aromatic carbocycles. The molecule has 0 radical (unpaired) electrons. The Morgan fingerprint density at radius 3 is 2.50 bits per heavy atom. The summed E-state index contributed by atoms with van der Waals surface area (Å²) in [6.07, 6.45) is 0. The number of hydrogen-bond acceptors (Lipinski definition) is 3. The molecule has 6 heteroatoms. The van der Waals surface area contributed by atoms with Gasteiger partial charge >= 0.3 is 5.97 Å². The molecule has 0 spiro atoms. The minimum Gasteiger partial charge on any atom is -0.458 e. The zero-order valence-electron chi connectivity index (χ0n) is 11.8. The highest BCUT2D eigenvalue weighted by atomic mass is 35.5. The molecular weight excluding hydrogens is 285 g/mol. The third-order valence-corrected chi connectivity index (χ3v) is 2.69. The number of carbonyl (C=O) groups excluding carboxylic acids is 2. The molecule has 110 valence electrons. The molecule has 0 fully saturated rings. The van der Waals surface area contributed by atoms with Gasteiger partial charge in [0.1, 0.15) is 17.5 Å². The number of nitrogens with one attached hydrogen (secondary N) is 1. The number of carbonyl (C=O) groups is 2. The Balaban J connectivity index is 2.76. The van der Waals surface area contributed by atoms with Crippen LogP contribution in [-0.2, 0) is 9.53 Å². The zero-order valence-corrected chi connectivity index (χ0v) is 12.5. The lowest BCUT2D eigenvalue weighted by Gasteiger charge is -2.22. The van der Waals surface area contributed by atoms with Crippen LogP contribution in [0.25, 0.3) is 0 Å². The van der Waals surface area contributed by atoms with E-state index in [-0.39, 0.29) is 10.6 Å². The van der Waals surface area contributed by atoms with Gasteiger partial charge in [0.25, 0.3) is 5.91 Å². The first-order chi connectivity index (χ1) is 9.11. The summed E-state index contributed by atoms with van der Waals surface area (Å²) < 4.78 is 18.4. The van der Waals surface area contributed by atoms with E-state index in [1.165, 1.54) is 19.1 Å². The summed E-state index contributed by atoms with van der Waals surface area (Å²) >= 11 is 5.71. The van der Waals surface area contributed by atoms with E-state index in [9.17, 15) is 14.0 Å². The van der Waals surface area contributed by atoms with E-state index in [0.717, 1.165) is 6.07 Å². The maximum atomic E-state index is 13.3. The van der Waals surface area contributed by atoms with E-state index in [1.54, 1.807) is 20.8 Å². The second-order valence-corrected chi connectivity index (χ2v) is 5.71. The first-order valence-electron chi connectivity index (χ1n) is 6.09. The average Bonchev–Trinajstić information content (AvgIpc) is 2.30. The van der Waals surface area contributed by atoms with E-state index in [1.807, 2.05) is 0 Å². The van der Waals surface area contributed by atoms with Crippen LogP contribution in [0, 0.1) is 5.82 Å². The Morgan fingerprint density at radius 2 is 1.95 bits per heavy atom. The van der Waals surface area contributed by atoms with Crippen molar-refractivity contribution in [3.63, 3.8) is 0 Å². The van der Waals surface area contributed by atoms with E-state index < -0.39 is 29.3 Å². The number of benzene rings is 1. The van der Waals surface area contributed by atoms with Crippen molar-refractivity contribution < 1.29 is 18.7 Å².